The van der Waals surface area contributed by atoms with Crippen LogP contribution in [-0.2, 0) is 13.6 Å². The van der Waals surface area contributed by atoms with Crippen LogP contribution in [0, 0.1) is 0 Å². The topological polar surface area (TPSA) is 65.1 Å². The number of hydrogen-bond acceptors (Lipinski definition) is 5. The van der Waals surface area contributed by atoms with Crippen LogP contribution in [0.4, 0.5) is 0 Å². The van der Waals surface area contributed by atoms with Crippen LogP contribution in [0.2, 0.25) is 0 Å². The molecule has 6 nitrogen and oxygen atoms in total. The van der Waals surface area contributed by atoms with E-state index in [1.165, 1.54) is 19.2 Å². The minimum atomic E-state index is 0.646. The van der Waals surface area contributed by atoms with E-state index in [0.29, 0.717) is 17.7 Å². The maximum absolute atomic E-state index is 5.43. The Hall–Kier alpha value is -1.82. The molecule has 0 radical (unpaired) electrons. The van der Waals surface area contributed by atoms with Crippen molar-refractivity contribution in [2.24, 2.45) is 7.05 Å². The highest BCUT2D eigenvalue weighted by Gasteiger charge is 2.22. The van der Waals surface area contributed by atoms with Crippen LogP contribution < -0.4 is 10.1 Å². The summed E-state index contributed by atoms with van der Waals surface area (Å²) in [6.07, 6.45) is 3.97. The van der Waals surface area contributed by atoms with Crippen LogP contribution in [0.25, 0.3) is 11.5 Å². The van der Waals surface area contributed by atoms with Crippen LogP contribution in [0.15, 0.2) is 16.9 Å². The van der Waals surface area contributed by atoms with Crippen LogP contribution in [0.3, 0.4) is 0 Å². The molecule has 2 aromatic heterocycles. The summed E-state index contributed by atoms with van der Waals surface area (Å²) < 4.78 is 12.3. The number of hydrogen-bond donors (Lipinski definition) is 1. The van der Waals surface area contributed by atoms with Crippen LogP contribution in [0.1, 0.15) is 18.5 Å². The molecular formula is C12H16N4O2. The lowest BCUT2D eigenvalue weighted by Gasteiger charge is -1.99. The second kappa shape index (κ2) is 4.45. The van der Waals surface area contributed by atoms with Gasteiger partial charge >= 0.3 is 0 Å². The third-order valence-electron chi connectivity index (χ3n) is 3.06. The summed E-state index contributed by atoms with van der Waals surface area (Å²) in [6.45, 7) is 0.718. The van der Waals surface area contributed by atoms with E-state index in [-0.39, 0.29) is 0 Å². The first-order valence-electron chi connectivity index (χ1n) is 6.02. The molecule has 0 atom stereocenters. The Morgan fingerprint density at radius 2 is 2.39 bits per heavy atom. The standard InChI is InChI=1S/C12H16N4O2/c1-16-11(17-2)5-9(15-16)12-10(14-7-18-12)6-13-8-3-4-8/h5,7-8,13H,3-4,6H2,1-2H3. The van der Waals surface area contributed by atoms with E-state index in [1.807, 2.05) is 13.1 Å². The first kappa shape index (κ1) is 11.3. The molecule has 1 aliphatic carbocycles. The van der Waals surface area contributed by atoms with E-state index in [1.54, 1.807) is 11.8 Å². The fourth-order valence-corrected chi connectivity index (χ4v) is 1.88. The highest BCUT2D eigenvalue weighted by Crippen LogP contribution is 2.26. The van der Waals surface area contributed by atoms with Crippen molar-refractivity contribution < 1.29 is 9.15 Å². The highest BCUT2D eigenvalue weighted by atomic mass is 16.5. The summed E-state index contributed by atoms with van der Waals surface area (Å²) in [5, 5.41) is 7.77. The molecule has 0 spiro atoms. The van der Waals surface area contributed by atoms with E-state index in [9.17, 15) is 0 Å². The van der Waals surface area contributed by atoms with Gasteiger partial charge in [0.05, 0.1) is 7.11 Å². The smallest absolute Gasteiger partial charge is 0.211 e. The molecule has 0 amide bonds. The first-order valence-corrected chi connectivity index (χ1v) is 6.02. The zero-order chi connectivity index (χ0) is 12.5. The summed E-state index contributed by atoms with van der Waals surface area (Å²) in [7, 11) is 3.46. The average Bonchev–Trinajstić information content (AvgIpc) is 2.95. The van der Waals surface area contributed by atoms with Gasteiger partial charge in [-0.2, -0.15) is 5.10 Å². The summed E-state index contributed by atoms with van der Waals surface area (Å²) in [4.78, 5) is 4.24. The van der Waals surface area contributed by atoms with Crippen molar-refractivity contribution in [1.29, 1.82) is 0 Å². The van der Waals surface area contributed by atoms with E-state index in [2.05, 4.69) is 15.4 Å². The molecule has 0 saturated heterocycles. The number of oxazole rings is 1. The monoisotopic (exact) mass is 248 g/mol. The van der Waals surface area contributed by atoms with Crippen LogP contribution in [-0.4, -0.2) is 27.9 Å². The van der Waals surface area contributed by atoms with E-state index >= 15 is 0 Å². The fourth-order valence-electron chi connectivity index (χ4n) is 1.88. The predicted octanol–water partition coefficient (Wildman–Crippen LogP) is 1.34. The predicted molar refractivity (Wildman–Crippen MR) is 65.1 cm³/mol. The van der Waals surface area contributed by atoms with Crippen molar-refractivity contribution in [3.05, 3.63) is 18.2 Å². The lowest BCUT2D eigenvalue weighted by Crippen LogP contribution is -2.16. The SMILES string of the molecule is COc1cc(-c2ocnc2CNC2CC2)nn1C. The molecule has 0 aromatic carbocycles. The van der Waals surface area contributed by atoms with Gasteiger partial charge in [-0.15, -0.1) is 0 Å². The summed E-state index contributed by atoms with van der Waals surface area (Å²) in [5.41, 5.74) is 1.64. The van der Waals surface area contributed by atoms with Gasteiger partial charge in [0.1, 0.15) is 11.4 Å². The molecule has 0 aliphatic heterocycles. The zero-order valence-corrected chi connectivity index (χ0v) is 10.5. The number of aryl methyl sites for hydroxylation is 1. The molecule has 1 aliphatic rings. The molecule has 2 aromatic rings. The Bertz CT molecular complexity index is 542. The van der Waals surface area contributed by atoms with Crippen molar-refractivity contribution in [2.45, 2.75) is 25.4 Å². The van der Waals surface area contributed by atoms with Crippen molar-refractivity contribution in [3.63, 3.8) is 0 Å². The minimum absolute atomic E-state index is 0.646. The van der Waals surface area contributed by atoms with Crippen LogP contribution >= 0.6 is 0 Å². The van der Waals surface area contributed by atoms with Crippen molar-refractivity contribution in [3.8, 4) is 17.3 Å². The third-order valence-corrected chi connectivity index (χ3v) is 3.06. The van der Waals surface area contributed by atoms with Gasteiger partial charge in [0.2, 0.25) is 5.88 Å². The fraction of sp³-hybridized carbons (Fsp3) is 0.500. The number of ether oxygens (including phenoxy) is 1. The van der Waals surface area contributed by atoms with Gasteiger partial charge in [0.15, 0.2) is 12.2 Å². The minimum Gasteiger partial charge on any atom is -0.481 e. The Labute approximate surface area is 105 Å². The van der Waals surface area contributed by atoms with Gasteiger partial charge in [-0.05, 0) is 12.8 Å². The molecule has 1 saturated carbocycles. The Balaban J connectivity index is 1.83. The van der Waals surface area contributed by atoms with Gasteiger partial charge in [-0.25, -0.2) is 9.67 Å². The molecule has 6 heteroatoms. The molecule has 18 heavy (non-hydrogen) atoms. The molecule has 3 rings (SSSR count). The molecule has 0 bridgehead atoms. The largest absolute Gasteiger partial charge is 0.481 e. The molecule has 0 unspecified atom stereocenters. The number of methoxy groups -OCH3 is 1. The van der Waals surface area contributed by atoms with Gasteiger partial charge < -0.3 is 14.5 Å². The number of rotatable bonds is 5. The molecule has 96 valence electrons. The van der Waals surface area contributed by atoms with Gasteiger partial charge in [0, 0.05) is 25.7 Å². The third kappa shape index (κ3) is 2.11. The molecule has 2 heterocycles. The second-order valence-corrected chi connectivity index (χ2v) is 4.48. The van der Waals surface area contributed by atoms with Gasteiger partial charge in [-0.3, -0.25) is 0 Å². The number of nitrogens with one attached hydrogen (secondary N) is 1. The van der Waals surface area contributed by atoms with Crippen LogP contribution in [0.5, 0.6) is 5.88 Å². The summed E-state index contributed by atoms with van der Waals surface area (Å²) >= 11 is 0. The van der Waals surface area contributed by atoms with Gasteiger partial charge in [0.25, 0.3) is 0 Å². The van der Waals surface area contributed by atoms with E-state index in [4.69, 9.17) is 9.15 Å². The Morgan fingerprint density at radius 1 is 1.56 bits per heavy atom. The molecule has 1 fully saturated rings. The van der Waals surface area contributed by atoms with Crippen molar-refractivity contribution in [1.82, 2.24) is 20.1 Å². The van der Waals surface area contributed by atoms with Gasteiger partial charge in [-0.1, -0.05) is 0 Å². The zero-order valence-electron chi connectivity index (χ0n) is 10.5. The van der Waals surface area contributed by atoms with Crippen molar-refractivity contribution in [2.75, 3.05) is 7.11 Å². The summed E-state index contributed by atoms with van der Waals surface area (Å²) in [6, 6.07) is 2.49. The van der Waals surface area contributed by atoms with Crippen molar-refractivity contribution >= 4 is 0 Å². The highest BCUT2D eigenvalue weighted by molar-refractivity contribution is 5.56. The first-order chi connectivity index (χ1) is 8.78. The quantitative estimate of drug-likeness (QED) is 0.865. The molecular weight excluding hydrogens is 232 g/mol. The Kier molecular flexibility index (Phi) is 2.79. The number of nitrogens with zero attached hydrogens (tertiary/aromatic N) is 3. The second-order valence-electron chi connectivity index (χ2n) is 4.48. The summed E-state index contributed by atoms with van der Waals surface area (Å²) in [5.74, 6) is 1.41. The number of aromatic nitrogens is 3. The maximum Gasteiger partial charge on any atom is 0.211 e. The maximum atomic E-state index is 5.43. The lowest BCUT2D eigenvalue weighted by atomic mass is 10.2. The van der Waals surface area contributed by atoms with E-state index in [0.717, 1.165) is 17.9 Å². The average molecular weight is 248 g/mol. The lowest BCUT2D eigenvalue weighted by molar-refractivity contribution is 0.373. The Morgan fingerprint density at radius 3 is 3.06 bits per heavy atom. The normalized spacial score (nSPS) is 15.0. The van der Waals surface area contributed by atoms with E-state index < -0.39 is 0 Å². The molecule has 1 N–H and O–H groups in total.